The van der Waals surface area contributed by atoms with Gasteiger partial charge in [-0.05, 0) is 63.6 Å². The van der Waals surface area contributed by atoms with Gasteiger partial charge in [0.2, 0.25) is 0 Å². The van der Waals surface area contributed by atoms with Crippen molar-refractivity contribution in [2.24, 2.45) is 0 Å². The molecule has 0 aliphatic heterocycles. The van der Waals surface area contributed by atoms with E-state index in [9.17, 15) is 4.55 Å². The fourth-order valence-corrected chi connectivity index (χ4v) is 4.95. The van der Waals surface area contributed by atoms with Crippen LogP contribution in [0.5, 0.6) is 5.75 Å². The molecule has 0 heterocycles. The molecule has 0 aliphatic carbocycles. The van der Waals surface area contributed by atoms with Gasteiger partial charge < -0.3 is 18.9 Å². The molecule has 200 valence electrons. The predicted molar refractivity (Wildman–Crippen MR) is 149 cm³/mol. The van der Waals surface area contributed by atoms with Crippen molar-refractivity contribution < 1.29 is 18.4 Å². The smallest absolute Gasteiger partial charge is 0.136 e. The summed E-state index contributed by atoms with van der Waals surface area (Å²) < 4.78 is 42.9. The summed E-state index contributed by atoms with van der Waals surface area (Å²) in [7, 11) is 3.68. The standard InChI is InChI=1S/C30H39FN2O3S/c1-29(2,3)37(34)32-30(27-13-9-10-14-28(27)31,23-36-22-25-11-7-6-8-12-25)19-20-33(4)21-24-15-17-26(35-5)18-16-24/h6-18,32H,19-23H2,1-5H3. The van der Waals surface area contributed by atoms with E-state index < -0.39 is 21.6 Å². The largest absolute Gasteiger partial charge is 0.598 e. The molecule has 1 N–H and O–H groups in total. The zero-order valence-electron chi connectivity index (χ0n) is 22.5. The Balaban J connectivity index is 1.86. The summed E-state index contributed by atoms with van der Waals surface area (Å²) in [5.74, 6) is 0.469. The Kier molecular flexibility index (Phi) is 10.6. The van der Waals surface area contributed by atoms with Crippen LogP contribution in [-0.2, 0) is 34.8 Å². The quantitative estimate of drug-likeness (QED) is 0.285. The molecule has 5 nitrogen and oxygen atoms in total. The van der Waals surface area contributed by atoms with Gasteiger partial charge in [-0.25, -0.2) is 4.39 Å². The molecule has 0 radical (unpaired) electrons. The van der Waals surface area contributed by atoms with Gasteiger partial charge in [-0.15, -0.1) is 4.72 Å². The van der Waals surface area contributed by atoms with Crippen molar-refractivity contribution in [1.82, 2.24) is 9.62 Å². The summed E-state index contributed by atoms with van der Waals surface area (Å²) in [6.07, 6.45) is 0.497. The van der Waals surface area contributed by atoms with Crippen LogP contribution in [0.25, 0.3) is 0 Å². The number of hydrogen-bond donors (Lipinski definition) is 1. The molecule has 0 spiro atoms. The van der Waals surface area contributed by atoms with Gasteiger partial charge in [-0.3, -0.25) is 0 Å². The number of ether oxygens (including phenoxy) is 2. The third-order valence-corrected chi connectivity index (χ3v) is 7.91. The number of nitrogens with one attached hydrogen (secondary N) is 1. The minimum absolute atomic E-state index is 0.168. The predicted octanol–water partition coefficient (Wildman–Crippen LogP) is 5.82. The zero-order chi connectivity index (χ0) is 26.9. The Labute approximate surface area is 224 Å². The Bertz CT molecular complexity index is 1090. The highest BCUT2D eigenvalue weighted by Gasteiger charge is 2.42. The van der Waals surface area contributed by atoms with E-state index in [0.717, 1.165) is 16.9 Å². The van der Waals surface area contributed by atoms with Crippen LogP contribution in [0.2, 0.25) is 0 Å². The zero-order valence-corrected chi connectivity index (χ0v) is 23.3. The second kappa shape index (κ2) is 13.4. The lowest BCUT2D eigenvalue weighted by atomic mass is 9.87. The first-order chi connectivity index (χ1) is 17.6. The number of rotatable bonds is 13. The van der Waals surface area contributed by atoms with Crippen molar-refractivity contribution in [2.75, 3.05) is 27.3 Å². The van der Waals surface area contributed by atoms with E-state index in [4.69, 9.17) is 9.47 Å². The Morgan fingerprint density at radius 1 is 0.919 bits per heavy atom. The van der Waals surface area contributed by atoms with Crippen LogP contribution in [0.1, 0.15) is 43.9 Å². The average Bonchev–Trinajstić information content (AvgIpc) is 2.88. The first-order valence-corrected chi connectivity index (χ1v) is 13.7. The van der Waals surface area contributed by atoms with Gasteiger partial charge in [-0.1, -0.05) is 60.7 Å². The molecule has 0 saturated heterocycles. The summed E-state index contributed by atoms with van der Waals surface area (Å²) >= 11 is -1.45. The van der Waals surface area contributed by atoms with Crippen molar-refractivity contribution in [1.29, 1.82) is 0 Å². The maximum Gasteiger partial charge on any atom is 0.136 e. The number of benzene rings is 3. The third-order valence-electron chi connectivity index (χ3n) is 6.23. The highest BCUT2D eigenvalue weighted by atomic mass is 32.2. The molecule has 0 saturated carbocycles. The fourth-order valence-electron chi connectivity index (χ4n) is 4.02. The maximum absolute atomic E-state index is 15.3. The van der Waals surface area contributed by atoms with Crippen molar-refractivity contribution in [2.45, 2.75) is 50.6 Å². The Morgan fingerprint density at radius 2 is 1.57 bits per heavy atom. The molecule has 37 heavy (non-hydrogen) atoms. The molecule has 7 heteroatoms. The first-order valence-electron chi connectivity index (χ1n) is 12.5. The molecule has 0 bridgehead atoms. The molecule has 0 aliphatic rings. The van der Waals surface area contributed by atoms with Crippen LogP contribution >= 0.6 is 0 Å². The van der Waals surface area contributed by atoms with Gasteiger partial charge in [0.15, 0.2) is 0 Å². The molecule has 3 rings (SSSR count). The average molecular weight is 527 g/mol. The lowest BCUT2D eigenvalue weighted by Gasteiger charge is -2.38. The SMILES string of the molecule is COc1ccc(CN(C)CCC(COCc2ccccc2)(N[S+]([O-])C(C)(C)C)c2ccccc2F)cc1. The molecule has 2 unspecified atom stereocenters. The molecular weight excluding hydrogens is 487 g/mol. The van der Waals surface area contributed by atoms with Crippen molar-refractivity contribution in [3.05, 3.63) is 101 Å². The summed E-state index contributed by atoms with van der Waals surface area (Å²) in [5.41, 5.74) is 1.63. The van der Waals surface area contributed by atoms with Gasteiger partial charge in [0.25, 0.3) is 0 Å². The molecule has 3 aromatic rings. The normalized spacial score (nSPS) is 14.4. The van der Waals surface area contributed by atoms with Crippen molar-refractivity contribution in [3.8, 4) is 5.75 Å². The highest BCUT2D eigenvalue weighted by molar-refractivity contribution is 7.90. The second-order valence-corrected chi connectivity index (χ2v) is 12.3. The third kappa shape index (κ3) is 8.55. The molecular formula is C30H39FN2O3S. The van der Waals surface area contributed by atoms with E-state index >= 15 is 4.39 Å². The van der Waals surface area contributed by atoms with Gasteiger partial charge in [0.05, 0.1) is 20.3 Å². The van der Waals surface area contributed by atoms with Crippen LogP contribution in [0.4, 0.5) is 4.39 Å². The maximum atomic E-state index is 15.3. The number of hydrogen-bond acceptors (Lipinski definition) is 5. The van der Waals surface area contributed by atoms with Gasteiger partial charge >= 0.3 is 0 Å². The van der Waals surface area contributed by atoms with E-state index in [-0.39, 0.29) is 12.4 Å². The molecule has 0 aromatic heterocycles. The molecule has 0 amide bonds. The number of halogens is 1. The van der Waals surface area contributed by atoms with Crippen LogP contribution in [-0.4, -0.2) is 41.5 Å². The number of nitrogens with zero attached hydrogens (tertiary/aromatic N) is 1. The highest BCUT2D eigenvalue weighted by Crippen LogP contribution is 2.32. The monoisotopic (exact) mass is 526 g/mol. The minimum Gasteiger partial charge on any atom is -0.598 e. The minimum atomic E-state index is -1.45. The summed E-state index contributed by atoms with van der Waals surface area (Å²) in [4.78, 5) is 2.18. The lowest BCUT2D eigenvalue weighted by Crippen LogP contribution is -2.55. The topological polar surface area (TPSA) is 56.8 Å². The van der Waals surface area contributed by atoms with Crippen molar-refractivity contribution in [3.63, 3.8) is 0 Å². The Hall–Kier alpha value is -2.42. The van der Waals surface area contributed by atoms with E-state index in [1.807, 2.05) is 88.5 Å². The van der Waals surface area contributed by atoms with Gasteiger partial charge in [0, 0.05) is 30.0 Å². The van der Waals surface area contributed by atoms with Crippen molar-refractivity contribution >= 4 is 11.4 Å². The van der Waals surface area contributed by atoms with E-state index in [1.165, 1.54) is 6.07 Å². The lowest BCUT2D eigenvalue weighted by molar-refractivity contribution is 0.0551. The van der Waals surface area contributed by atoms with Crippen LogP contribution in [0.15, 0.2) is 78.9 Å². The van der Waals surface area contributed by atoms with Crippen LogP contribution < -0.4 is 9.46 Å². The summed E-state index contributed by atoms with van der Waals surface area (Å²) in [6.45, 7) is 7.60. The Morgan fingerprint density at radius 3 is 2.19 bits per heavy atom. The first kappa shape index (κ1) is 29.1. The summed E-state index contributed by atoms with van der Waals surface area (Å²) in [6, 6.07) is 24.5. The molecule has 0 fully saturated rings. The van der Waals surface area contributed by atoms with Crippen LogP contribution in [0.3, 0.4) is 0 Å². The second-order valence-electron chi connectivity index (χ2n) is 10.4. The van der Waals surface area contributed by atoms with E-state index in [2.05, 4.69) is 9.62 Å². The number of methoxy groups -OCH3 is 1. The van der Waals surface area contributed by atoms with E-state index in [1.54, 1.807) is 19.2 Å². The molecule has 2 atom stereocenters. The van der Waals surface area contributed by atoms with Crippen LogP contribution in [0, 0.1) is 5.82 Å². The van der Waals surface area contributed by atoms with E-state index in [0.29, 0.717) is 31.7 Å². The summed E-state index contributed by atoms with van der Waals surface area (Å²) in [5, 5.41) is 0. The fraction of sp³-hybridized carbons (Fsp3) is 0.400. The van der Waals surface area contributed by atoms with Gasteiger partial charge in [-0.2, -0.15) is 0 Å². The van der Waals surface area contributed by atoms with Gasteiger partial charge in [0.1, 0.15) is 21.9 Å². The molecule has 3 aromatic carbocycles.